The van der Waals surface area contributed by atoms with Crippen LogP contribution in [0.1, 0.15) is 36.1 Å². The number of anilines is 1. The Morgan fingerprint density at radius 2 is 2.00 bits per heavy atom. The number of hydrogen-bond donors (Lipinski definition) is 1. The number of aromatic nitrogens is 3. The quantitative estimate of drug-likeness (QED) is 0.793. The lowest BCUT2D eigenvalue weighted by molar-refractivity contribution is 0.102. The van der Waals surface area contributed by atoms with Gasteiger partial charge in [0.25, 0.3) is 5.91 Å². The number of nitrogens with zero attached hydrogens (tertiary/aromatic N) is 3. The average Bonchev–Trinajstić information content (AvgIpc) is 2.43. The molecule has 0 radical (unpaired) electrons. The monoisotopic (exact) mass is 388 g/mol. The standard InChI is InChI=1S/C13H11BrCl2N4O/c1-6(2)12-18-5-9(15)10(20-12)13(21)19-7-3-8(14)11(16)17-4-7/h3-6H,1-2H3,(H,19,21). The van der Waals surface area contributed by atoms with Crippen LogP contribution in [0.25, 0.3) is 0 Å². The van der Waals surface area contributed by atoms with Crippen molar-refractivity contribution in [1.82, 2.24) is 15.0 Å². The predicted molar refractivity (Wildman–Crippen MR) is 86.0 cm³/mol. The normalized spacial score (nSPS) is 10.8. The van der Waals surface area contributed by atoms with Crippen molar-refractivity contribution in [2.45, 2.75) is 19.8 Å². The number of carbonyl (C=O) groups excluding carboxylic acids is 1. The zero-order valence-corrected chi connectivity index (χ0v) is 14.3. The van der Waals surface area contributed by atoms with Gasteiger partial charge in [-0.3, -0.25) is 4.79 Å². The van der Waals surface area contributed by atoms with Gasteiger partial charge in [-0.25, -0.2) is 15.0 Å². The third kappa shape index (κ3) is 3.90. The minimum atomic E-state index is -0.430. The number of hydrogen-bond acceptors (Lipinski definition) is 4. The summed E-state index contributed by atoms with van der Waals surface area (Å²) in [6.45, 7) is 3.87. The molecule has 21 heavy (non-hydrogen) atoms. The molecule has 0 fully saturated rings. The van der Waals surface area contributed by atoms with E-state index in [2.05, 4.69) is 36.2 Å². The van der Waals surface area contributed by atoms with E-state index in [1.165, 1.54) is 12.4 Å². The number of amides is 1. The third-order valence-electron chi connectivity index (χ3n) is 2.55. The van der Waals surface area contributed by atoms with Gasteiger partial charge in [0.1, 0.15) is 11.0 Å². The molecule has 0 spiro atoms. The van der Waals surface area contributed by atoms with Crippen LogP contribution in [0.5, 0.6) is 0 Å². The molecule has 0 aliphatic rings. The molecule has 0 saturated carbocycles. The van der Waals surface area contributed by atoms with E-state index in [0.29, 0.717) is 21.1 Å². The van der Waals surface area contributed by atoms with Crippen LogP contribution in [0.3, 0.4) is 0 Å². The molecule has 1 N–H and O–H groups in total. The molecule has 110 valence electrons. The van der Waals surface area contributed by atoms with Gasteiger partial charge in [-0.1, -0.05) is 37.0 Å². The molecule has 2 aromatic rings. The lowest BCUT2D eigenvalue weighted by Crippen LogP contribution is -2.16. The summed E-state index contributed by atoms with van der Waals surface area (Å²) in [5, 5.41) is 3.18. The molecule has 2 rings (SSSR count). The fourth-order valence-electron chi connectivity index (χ4n) is 1.50. The molecule has 0 aliphatic carbocycles. The number of rotatable bonds is 3. The van der Waals surface area contributed by atoms with Crippen molar-refractivity contribution in [2.24, 2.45) is 0 Å². The zero-order chi connectivity index (χ0) is 15.6. The lowest BCUT2D eigenvalue weighted by atomic mass is 10.2. The Hall–Kier alpha value is -1.24. The first-order chi connectivity index (χ1) is 9.88. The molecular formula is C13H11BrCl2N4O. The Labute approximate surface area is 140 Å². The summed E-state index contributed by atoms with van der Waals surface area (Å²) in [6, 6.07) is 1.64. The fraction of sp³-hybridized carbons (Fsp3) is 0.231. The van der Waals surface area contributed by atoms with Crippen LogP contribution in [0, 0.1) is 0 Å². The summed E-state index contributed by atoms with van der Waals surface area (Å²) < 4.78 is 0.582. The van der Waals surface area contributed by atoms with Crippen molar-refractivity contribution in [3.8, 4) is 0 Å². The third-order valence-corrected chi connectivity index (χ3v) is 3.96. The topological polar surface area (TPSA) is 67.8 Å². The minimum Gasteiger partial charge on any atom is -0.319 e. The van der Waals surface area contributed by atoms with Gasteiger partial charge in [-0.15, -0.1) is 0 Å². The largest absolute Gasteiger partial charge is 0.319 e. The maximum atomic E-state index is 12.2. The van der Waals surface area contributed by atoms with Gasteiger partial charge in [0.15, 0.2) is 5.69 Å². The molecule has 5 nitrogen and oxygen atoms in total. The number of nitrogens with one attached hydrogen (secondary N) is 1. The van der Waals surface area contributed by atoms with E-state index in [-0.39, 0.29) is 16.6 Å². The van der Waals surface area contributed by atoms with Gasteiger partial charge in [0.2, 0.25) is 0 Å². The summed E-state index contributed by atoms with van der Waals surface area (Å²) in [5.41, 5.74) is 0.610. The highest BCUT2D eigenvalue weighted by Crippen LogP contribution is 2.24. The van der Waals surface area contributed by atoms with Crippen LogP contribution in [-0.2, 0) is 0 Å². The van der Waals surface area contributed by atoms with Crippen molar-refractivity contribution in [3.63, 3.8) is 0 Å². The zero-order valence-electron chi connectivity index (χ0n) is 11.2. The molecule has 2 aromatic heterocycles. The molecular weight excluding hydrogens is 379 g/mol. The SMILES string of the molecule is CC(C)c1ncc(Cl)c(C(=O)Nc2cnc(Cl)c(Br)c2)n1. The van der Waals surface area contributed by atoms with Crippen LogP contribution >= 0.6 is 39.1 Å². The van der Waals surface area contributed by atoms with E-state index < -0.39 is 5.91 Å². The van der Waals surface area contributed by atoms with Gasteiger partial charge in [-0.2, -0.15) is 0 Å². The van der Waals surface area contributed by atoms with Gasteiger partial charge in [0.05, 0.1) is 27.6 Å². The molecule has 0 aromatic carbocycles. The van der Waals surface area contributed by atoms with Crippen molar-refractivity contribution in [2.75, 3.05) is 5.32 Å². The molecule has 0 aliphatic heterocycles. The molecule has 2 heterocycles. The fourth-order valence-corrected chi connectivity index (χ4v) is 2.13. The van der Waals surface area contributed by atoms with Crippen molar-refractivity contribution in [3.05, 3.63) is 44.6 Å². The summed E-state index contributed by atoms with van der Waals surface area (Å²) in [6.07, 6.45) is 2.87. The van der Waals surface area contributed by atoms with Crippen molar-refractivity contribution in [1.29, 1.82) is 0 Å². The van der Waals surface area contributed by atoms with E-state index in [4.69, 9.17) is 23.2 Å². The highest BCUT2D eigenvalue weighted by molar-refractivity contribution is 9.10. The summed E-state index contributed by atoms with van der Waals surface area (Å²) in [7, 11) is 0. The second-order valence-electron chi connectivity index (χ2n) is 4.53. The highest BCUT2D eigenvalue weighted by Gasteiger charge is 2.16. The summed E-state index contributed by atoms with van der Waals surface area (Å²) in [5.74, 6) is 0.223. The first kappa shape index (κ1) is 16.1. The maximum Gasteiger partial charge on any atom is 0.275 e. The number of carbonyl (C=O) groups is 1. The highest BCUT2D eigenvalue weighted by atomic mass is 79.9. The van der Waals surface area contributed by atoms with Gasteiger partial charge >= 0.3 is 0 Å². The van der Waals surface area contributed by atoms with Gasteiger partial charge in [0, 0.05) is 5.92 Å². The summed E-state index contributed by atoms with van der Waals surface area (Å²) in [4.78, 5) is 24.5. The smallest absolute Gasteiger partial charge is 0.275 e. The van der Waals surface area contributed by atoms with Gasteiger partial charge in [-0.05, 0) is 22.0 Å². The van der Waals surface area contributed by atoms with E-state index in [1.54, 1.807) is 6.07 Å². The van der Waals surface area contributed by atoms with Crippen LogP contribution in [0.4, 0.5) is 5.69 Å². The van der Waals surface area contributed by atoms with Crippen LogP contribution in [0.15, 0.2) is 22.9 Å². The van der Waals surface area contributed by atoms with Gasteiger partial charge < -0.3 is 5.32 Å². The van der Waals surface area contributed by atoms with E-state index in [1.807, 2.05) is 13.8 Å². The van der Waals surface area contributed by atoms with E-state index >= 15 is 0 Å². The van der Waals surface area contributed by atoms with Crippen LogP contribution in [0.2, 0.25) is 10.2 Å². The number of pyridine rings is 1. The van der Waals surface area contributed by atoms with Crippen molar-refractivity contribution < 1.29 is 4.79 Å². The predicted octanol–water partition coefficient (Wildman–Crippen LogP) is 4.32. The Balaban J connectivity index is 2.27. The molecule has 0 atom stereocenters. The molecule has 0 unspecified atom stereocenters. The summed E-state index contributed by atoms with van der Waals surface area (Å²) >= 11 is 15.0. The molecule has 1 amide bonds. The van der Waals surface area contributed by atoms with Crippen LogP contribution in [-0.4, -0.2) is 20.9 Å². The van der Waals surface area contributed by atoms with Crippen molar-refractivity contribution >= 4 is 50.7 Å². The average molecular weight is 390 g/mol. The Bertz CT molecular complexity index is 694. The lowest BCUT2D eigenvalue weighted by Gasteiger charge is -2.09. The van der Waals surface area contributed by atoms with E-state index in [0.717, 1.165) is 0 Å². The second-order valence-corrected chi connectivity index (χ2v) is 6.15. The minimum absolute atomic E-state index is 0.0974. The second kappa shape index (κ2) is 6.68. The molecule has 0 bridgehead atoms. The first-order valence-corrected chi connectivity index (χ1v) is 7.58. The Morgan fingerprint density at radius 1 is 1.29 bits per heavy atom. The molecule has 0 saturated heterocycles. The molecule has 8 heteroatoms. The Morgan fingerprint density at radius 3 is 2.62 bits per heavy atom. The number of halogens is 3. The van der Waals surface area contributed by atoms with E-state index in [9.17, 15) is 4.79 Å². The van der Waals surface area contributed by atoms with Crippen LogP contribution < -0.4 is 5.32 Å². The Kier molecular flexibility index (Phi) is 5.13. The maximum absolute atomic E-state index is 12.2. The first-order valence-electron chi connectivity index (χ1n) is 6.03.